The molecule has 0 N–H and O–H groups in total. The molecule has 2 fully saturated rings. The highest BCUT2D eigenvalue weighted by molar-refractivity contribution is 5.22. The van der Waals surface area contributed by atoms with Crippen LogP contribution in [0.3, 0.4) is 0 Å². The molecule has 0 aromatic heterocycles. The van der Waals surface area contributed by atoms with Gasteiger partial charge >= 0.3 is 0 Å². The van der Waals surface area contributed by atoms with Gasteiger partial charge in [0.1, 0.15) is 0 Å². The van der Waals surface area contributed by atoms with Gasteiger partial charge in [-0.05, 0) is 42.7 Å². The number of piperidine rings is 1. The van der Waals surface area contributed by atoms with Gasteiger partial charge < -0.3 is 0 Å². The minimum absolute atomic E-state index is 0.516. The van der Waals surface area contributed by atoms with Crippen LogP contribution in [0.25, 0.3) is 0 Å². The highest BCUT2D eigenvalue weighted by Gasteiger charge is 2.43. The summed E-state index contributed by atoms with van der Waals surface area (Å²) in [5.74, 6) is 0.763. The molecule has 0 spiro atoms. The molecule has 0 radical (unpaired) electrons. The molecule has 1 heteroatoms. The first-order valence-electron chi connectivity index (χ1n) is 6.96. The van der Waals surface area contributed by atoms with Crippen LogP contribution in [0.2, 0.25) is 0 Å². The van der Waals surface area contributed by atoms with Crippen molar-refractivity contribution in [3.05, 3.63) is 35.9 Å². The normalized spacial score (nSPS) is 32.4. The van der Waals surface area contributed by atoms with Crippen LogP contribution in [0.5, 0.6) is 0 Å². The quantitative estimate of drug-likeness (QED) is 0.710. The van der Waals surface area contributed by atoms with Crippen molar-refractivity contribution in [2.24, 2.45) is 5.41 Å². The van der Waals surface area contributed by atoms with Gasteiger partial charge in [0.2, 0.25) is 0 Å². The summed E-state index contributed by atoms with van der Waals surface area (Å²) in [6, 6.07) is 11.9. The predicted octanol–water partition coefficient (Wildman–Crippen LogP) is 3.66. The van der Waals surface area contributed by atoms with Gasteiger partial charge in [0, 0.05) is 12.6 Å². The summed E-state index contributed by atoms with van der Waals surface area (Å²) >= 11 is 0. The zero-order valence-corrected chi connectivity index (χ0v) is 11.0. The lowest BCUT2D eigenvalue weighted by Crippen LogP contribution is -2.45. The van der Waals surface area contributed by atoms with Crippen molar-refractivity contribution in [2.75, 3.05) is 13.1 Å². The minimum atomic E-state index is 0.516. The van der Waals surface area contributed by atoms with Crippen molar-refractivity contribution in [3.63, 3.8) is 0 Å². The maximum Gasteiger partial charge on any atom is 0.0153 e. The Morgan fingerprint density at radius 1 is 1.18 bits per heavy atom. The molecule has 2 heterocycles. The van der Waals surface area contributed by atoms with E-state index in [-0.39, 0.29) is 0 Å². The Morgan fingerprint density at radius 3 is 2.65 bits per heavy atom. The smallest absolute Gasteiger partial charge is 0.0153 e. The third-order valence-electron chi connectivity index (χ3n) is 4.84. The van der Waals surface area contributed by atoms with Crippen molar-refractivity contribution >= 4 is 0 Å². The van der Waals surface area contributed by atoms with Gasteiger partial charge in [-0.1, -0.05) is 44.2 Å². The molecule has 1 aromatic carbocycles. The minimum Gasteiger partial charge on any atom is -0.299 e. The van der Waals surface area contributed by atoms with Crippen LogP contribution in [-0.4, -0.2) is 24.0 Å². The summed E-state index contributed by atoms with van der Waals surface area (Å²) in [6.07, 6.45) is 4.14. The number of hydrogen-bond donors (Lipinski definition) is 0. The Hall–Kier alpha value is -0.820. The Labute approximate surface area is 105 Å². The summed E-state index contributed by atoms with van der Waals surface area (Å²) in [6.45, 7) is 7.50. The van der Waals surface area contributed by atoms with Crippen molar-refractivity contribution < 1.29 is 0 Å². The molecule has 2 aliphatic rings. The fourth-order valence-electron chi connectivity index (χ4n) is 3.83. The lowest BCUT2D eigenvalue weighted by molar-refractivity contribution is 0.0712. The van der Waals surface area contributed by atoms with E-state index in [1.807, 2.05) is 0 Å². The molecular formula is C16H23N. The third-order valence-corrected chi connectivity index (χ3v) is 4.84. The van der Waals surface area contributed by atoms with Crippen molar-refractivity contribution in [1.29, 1.82) is 0 Å². The molecular weight excluding hydrogens is 206 g/mol. The summed E-state index contributed by atoms with van der Waals surface area (Å²) in [5, 5.41) is 0. The van der Waals surface area contributed by atoms with Gasteiger partial charge in [0.25, 0.3) is 0 Å². The summed E-state index contributed by atoms with van der Waals surface area (Å²) in [5.41, 5.74) is 2.06. The lowest BCUT2D eigenvalue weighted by atomic mass is 9.75. The number of hydrogen-bond acceptors (Lipinski definition) is 1. The van der Waals surface area contributed by atoms with Gasteiger partial charge in [0.15, 0.2) is 0 Å². The zero-order chi connectivity index (χ0) is 11.9. The van der Waals surface area contributed by atoms with E-state index in [1.165, 1.54) is 37.9 Å². The first kappa shape index (κ1) is 11.3. The van der Waals surface area contributed by atoms with E-state index >= 15 is 0 Å². The Bertz CT molecular complexity index is 382. The van der Waals surface area contributed by atoms with E-state index in [0.29, 0.717) is 5.41 Å². The van der Waals surface area contributed by atoms with E-state index in [0.717, 1.165) is 12.0 Å². The maximum absolute atomic E-state index is 2.74. The molecule has 0 unspecified atom stereocenters. The molecule has 17 heavy (non-hydrogen) atoms. The average Bonchev–Trinajstić information content (AvgIpc) is 2.75. The predicted molar refractivity (Wildman–Crippen MR) is 72.2 cm³/mol. The van der Waals surface area contributed by atoms with E-state index in [1.54, 1.807) is 0 Å². The molecule has 1 aromatic rings. The molecule has 3 rings (SSSR count). The van der Waals surface area contributed by atoms with Gasteiger partial charge in [-0.3, -0.25) is 4.90 Å². The van der Waals surface area contributed by atoms with Gasteiger partial charge in [-0.2, -0.15) is 0 Å². The maximum atomic E-state index is 2.74. The van der Waals surface area contributed by atoms with Crippen molar-refractivity contribution in [2.45, 2.75) is 45.1 Å². The zero-order valence-electron chi connectivity index (χ0n) is 11.0. The number of nitrogens with zero attached hydrogens (tertiary/aromatic N) is 1. The van der Waals surface area contributed by atoms with Crippen LogP contribution in [0.4, 0.5) is 0 Å². The molecule has 0 bridgehead atoms. The second-order valence-corrected chi connectivity index (χ2v) is 6.45. The number of fused-ring (bicyclic) bond motifs is 1. The molecule has 0 saturated carbocycles. The average molecular weight is 229 g/mol. The molecule has 0 amide bonds. The fourth-order valence-corrected chi connectivity index (χ4v) is 3.83. The molecule has 1 nitrogen and oxygen atoms in total. The summed E-state index contributed by atoms with van der Waals surface area (Å²) in [7, 11) is 0. The molecule has 92 valence electrons. The second kappa shape index (κ2) is 4.13. The van der Waals surface area contributed by atoms with Crippen LogP contribution in [0, 0.1) is 5.41 Å². The molecule has 2 saturated heterocycles. The summed E-state index contributed by atoms with van der Waals surface area (Å²) < 4.78 is 0. The highest BCUT2D eigenvalue weighted by atomic mass is 15.2. The fraction of sp³-hybridized carbons (Fsp3) is 0.625. The second-order valence-electron chi connectivity index (χ2n) is 6.45. The number of benzene rings is 1. The Kier molecular flexibility index (Phi) is 2.74. The molecule has 0 aliphatic carbocycles. The summed E-state index contributed by atoms with van der Waals surface area (Å²) in [4.78, 5) is 2.74. The monoisotopic (exact) mass is 229 g/mol. The topological polar surface area (TPSA) is 3.24 Å². The van der Waals surface area contributed by atoms with E-state index in [2.05, 4.69) is 49.1 Å². The standard InChI is InChI=1S/C16H23N/c1-16(2)9-6-10-17-12-14(11-15(16)17)13-7-4-3-5-8-13/h3-5,7-8,14-15H,6,9-12H2,1-2H3/t14-,15-/m1/s1. The van der Waals surface area contributed by atoms with Gasteiger partial charge in [-0.15, -0.1) is 0 Å². The first-order chi connectivity index (χ1) is 8.17. The van der Waals surface area contributed by atoms with E-state index < -0.39 is 0 Å². The van der Waals surface area contributed by atoms with Crippen LogP contribution in [-0.2, 0) is 0 Å². The lowest BCUT2D eigenvalue weighted by Gasteiger charge is -2.42. The SMILES string of the molecule is CC1(C)CCCN2C[C@H](c3ccccc3)C[C@@H]21. The molecule has 2 atom stereocenters. The van der Waals surface area contributed by atoms with E-state index in [4.69, 9.17) is 0 Å². The highest BCUT2D eigenvalue weighted by Crippen LogP contribution is 2.45. The number of rotatable bonds is 1. The van der Waals surface area contributed by atoms with Crippen molar-refractivity contribution in [3.8, 4) is 0 Å². The van der Waals surface area contributed by atoms with Gasteiger partial charge in [0.05, 0.1) is 0 Å². The Morgan fingerprint density at radius 2 is 1.94 bits per heavy atom. The Balaban J connectivity index is 1.81. The third kappa shape index (κ3) is 2.01. The van der Waals surface area contributed by atoms with Crippen LogP contribution >= 0.6 is 0 Å². The van der Waals surface area contributed by atoms with Crippen LogP contribution < -0.4 is 0 Å². The van der Waals surface area contributed by atoms with Crippen LogP contribution in [0.1, 0.15) is 44.6 Å². The van der Waals surface area contributed by atoms with Crippen molar-refractivity contribution in [1.82, 2.24) is 4.90 Å². The largest absolute Gasteiger partial charge is 0.299 e. The van der Waals surface area contributed by atoms with Gasteiger partial charge in [-0.25, -0.2) is 0 Å². The first-order valence-corrected chi connectivity index (χ1v) is 6.96. The van der Waals surface area contributed by atoms with E-state index in [9.17, 15) is 0 Å². The molecule has 2 aliphatic heterocycles. The van der Waals surface area contributed by atoms with Crippen LogP contribution in [0.15, 0.2) is 30.3 Å².